The van der Waals surface area contributed by atoms with Gasteiger partial charge in [-0.2, -0.15) is 13.2 Å². The largest absolute Gasteiger partial charge is 0.433 e. The monoisotopic (exact) mass is 309 g/mol. The van der Waals surface area contributed by atoms with Crippen LogP contribution in [-0.4, -0.2) is 14.0 Å². The van der Waals surface area contributed by atoms with Crippen LogP contribution >= 0.6 is 0 Å². The maximum absolute atomic E-state index is 12.9. The molecule has 3 rings (SSSR count). The Kier molecular flexibility index (Phi) is 3.42. The number of para-hydroxylation sites is 2. The van der Waals surface area contributed by atoms with Gasteiger partial charge in [-0.3, -0.25) is 4.79 Å². The van der Waals surface area contributed by atoms with E-state index in [4.69, 9.17) is 0 Å². The maximum Gasteiger partial charge on any atom is 0.433 e. The number of aryl methyl sites for hydroxylation is 1. The van der Waals surface area contributed by atoms with E-state index in [-0.39, 0.29) is 5.78 Å². The van der Waals surface area contributed by atoms with Crippen molar-refractivity contribution in [2.75, 3.05) is 0 Å². The summed E-state index contributed by atoms with van der Waals surface area (Å²) in [7, 11) is 0. The molecule has 3 aromatic rings. The summed E-state index contributed by atoms with van der Waals surface area (Å²) in [4.78, 5) is 15.9. The lowest BCUT2D eigenvalue weighted by Gasteiger charge is -2.07. The highest BCUT2D eigenvalue weighted by Gasteiger charge is 2.34. The molecule has 0 N–H and O–H groups in total. The van der Waals surface area contributed by atoms with Crippen LogP contribution in [0.1, 0.15) is 25.5 Å². The highest BCUT2D eigenvalue weighted by atomic mass is 19.4. The first kappa shape index (κ1) is 14.6. The van der Waals surface area contributed by atoms with Gasteiger partial charge in [0.05, 0.1) is 11.0 Å². The number of fused-ring (bicyclic) bond motifs is 3. The quantitative estimate of drug-likeness (QED) is 0.743. The molecular formula is C15H14F3N3O. The van der Waals surface area contributed by atoms with Crippen molar-refractivity contribution in [3.05, 3.63) is 46.4 Å². The number of rotatable bonds is 3. The first-order valence-electron chi connectivity index (χ1n) is 7.01. The number of halogens is 3. The van der Waals surface area contributed by atoms with Crippen LogP contribution in [0.3, 0.4) is 0 Å². The summed E-state index contributed by atoms with van der Waals surface area (Å²) in [5, 5.41) is 0. The molecule has 7 heteroatoms. The minimum absolute atomic E-state index is 0.0366. The van der Waals surface area contributed by atoms with E-state index < -0.39 is 17.4 Å². The molecule has 0 saturated heterocycles. The summed E-state index contributed by atoms with van der Waals surface area (Å²) in [5.74, 6) is 0.0366. The SMILES string of the molecule is CCCCn1c2ccccc2n2c(=O)cc(C(F)(F)F)nc12. The number of alkyl halides is 3. The highest BCUT2D eigenvalue weighted by Crippen LogP contribution is 2.28. The molecule has 0 aliphatic rings. The number of imidazole rings is 1. The van der Waals surface area contributed by atoms with Crippen molar-refractivity contribution in [1.29, 1.82) is 0 Å². The Hall–Kier alpha value is -2.31. The van der Waals surface area contributed by atoms with E-state index in [1.807, 2.05) is 6.92 Å². The minimum atomic E-state index is -4.64. The number of nitrogens with zero attached hydrogens (tertiary/aromatic N) is 3. The van der Waals surface area contributed by atoms with Crippen molar-refractivity contribution < 1.29 is 13.2 Å². The van der Waals surface area contributed by atoms with Gasteiger partial charge in [0.2, 0.25) is 5.78 Å². The Morgan fingerprint density at radius 3 is 2.50 bits per heavy atom. The van der Waals surface area contributed by atoms with Gasteiger partial charge in [0, 0.05) is 12.6 Å². The standard InChI is InChI=1S/C15H14F3N3O/c1-2-3-8-20-10-6-4-5-7-11(10)21-13(22)9-12(15(16,17)18)19-14(20)21/h4-7,9H,2-3,8H2,1H3. The lowest BCUT2D eigenvalue weighted by molar-refractivity contribution is -0.141. The maximum atomic E-state index is 12.9. The van der Waals surface area contributed by atoms with Gasteiger partial charge in [-0.1, -0.05) is 25.5 Å². The smallest absolute Gasteiger partial charge is 0.310 e. The van der Waals surface area contributed by atoms with Crippen molar-refractivity contribution in [2.24, 2.45) is 0 Å². The fourth-order valence-electron chi connectivity index (χ4n) is 2.55. The molecule has 116 valence electrons. The van der Waals surface area contributed by atoms with E-state index in [0.29, 0.717) is 23.6 Å². The zero-order valence-corrected chi connectivity index (χ0v) is 11.9. The Labute approximate surface area is 123 Å². The van der Waals surface area contributed by atoms with Crippen LogP contribution in [0.25, 0.3) is 16.8 Å². The Morgan fingerprint density at radius 1 is 1.18 bits per heavy atom. The van der Waals surface area contributed by atoms with Gasteiger partial charge in [-0.15, -0.1) is 0 Å². The van der Waals surface area contributed by atoms with Crippen LogP contribution in [0.4, 0.5) is 13.2 Å². The van der Waals surface area contributed by atoms with Gasteiger partial charge in [-0.25, -0.2) is 9.38 Å². The lowest BCUT2D eigenvalue weighted by Crippen LogP contribution is -2.20. The Bertz CT molecular complexity index is 893. The zero-order valence-electron chi connectivity index (χ0n) is 11.9. The first-order chi connectivity index (χ1) is 10.4. The van der Waals surface area contributed by atoms with Crippen LogP contribution in [-0.2, 0) is 12.7 Å². The predicted octanol–water partition coefficient (Wildman–Crippen LogP) is 3.47. The number of hydrogen-bond donors (Lipinski definition) is 0. The zero-order chi connectivity index (χ0) is 15.9. The molecule has 0 fully saturated rings. The van der Waals surface area contributed by atoms with E-state index in [9.17, 15) is 18.0 Å². The molecule has 4 nitrogen and oxygen atoms in total. The summed E-state index contributed by atoms with van der Waals surface area (Å²) in [6, 6.07) is 7.58. The van der Waals surface area contributed by atoms with Gasteiger partial charge in [0.25, 0.3) is 5.56 Å². The molecule has 0 saturated carbocycles. The second-order valence-corrected chi connectivity index (χ2v) is 5.11. The van der Waals surface area contributed by atoms with E-state index in [0.717, 1.165) is 12.8 Å². The van der Waals surface area contributed by atoms with Crippen LogP contribution in [0.2, 0.25) is 0 Å². The summed E-state index contributed by atoms with van der Waals surface area (Å²) in [5.41, 5.74) is -0.596. The normalized spacial score (nSPS) is 12.4. The minimum Gasteiger partial charge on any atom is -0.310 e. The molecule has 0 spiro atoms. The molecule has 0 bridgehead atoms. The molecule has 2 heterocycles. The number of benzene rings is 1. The van der Waals surface area contributed by atoms with E-state index in [1.54, 1.807) is 28.8 Å². The molecule has 0 unspecified atom stereocenters. The predicted molar refractivity (Wildman–Crippen MR) is 76.9 cm³/mol. The highest BCUT2D eigenvalue weighted by molar-refractivity contribution is 5.80. The van der Waals surface area contributed by atoms with Crippen molar-refractivity contribution in [1.82, 2.24) is 14.0 Å². The lowest BCUT2D eigenvalue weighted by atomic mass is 10.3. The third-order valence-electron chi connectivity index (χ3n) is 3.58. The summed E-state index contributed by atoms with van der Waals surface area (Å²) < 4.78 is 41.7. The topological polar surface area (TPSA) is 39.3 Å². The van der Waals surface area contributed by atoms with Gasteiger partial charge in [0.1, 0.15) is 0 Å². The van der Waals surface area contributed by atoms with E-state index >= 15 is 0 Å². The van der Waals surface area contributed by atoms with Gasteiger partial charge < -0.3 is 4.57 Å². The summed E-state index contributed by atoms with van der Waals surface area (Å²) in [6.07, 6.45) is -2.96. The third-order valence-corrected chi connectivity index (χ3v) is 3.58. The molecular weight excluding hydrogens is 295 g/mol. The summed E-state index contributed by atoms with van der Waals surface area (Å²) >= 11 is 0. The Morgan fingerprint density at radius 2 is 1.86 bits per heavy atom. The number of unbranched alkanes of at least 4 members (excludes halogenated alkanes) is 1. The van der Waals surface area contributed by atoms with Crippen LogP contribution in [0, 0.1) is 0 Å². The average Bonchev–Trinajstić information content (AvgIpc) is 2.78. The van der Waals surface area contributed by atoms with Gasteiger partial charge in [-0.05, 0) is 18.6 Å². The molecule has 1 aromatic carbocycles. The van der Waals surface area contributed by atoms with Gasteiger partial charge >= 0.3 is 6.18 Å². The van der Waals surface area contributed by atoms with Crippen LogP contribution in [0.5, 0.6) is 0 Å². The fraction of sp³-hybridized carbons (Fsp3) is 0.333. The van der Waals surface area contributed by atoms with Crippen LogP contribution in [0.15, 0.2) is 35.1 Å². The Balaban J connectivity index is 2.41. The molecule has 22 heavy (non-hydrogen) atoms. The second kappa shape index (κ2) is 5.15. The van der Waals surface area contributed by atoms with E-state index in [2.05, 4.69) is 4.98 Å². The fourth-order valence-corrected chi connectivity index (χ4v) is 2.55. The van der Waals surface area contributed by atoms with Crippen molar-refractivity contribution >= 4 is 16.8 Å². The average molecular weight is 309 g/mol. The van der Waals surface area contributed by atoms with Crippen molar-refractivity contribution in [3.8, 4) is 0 Å². The molecule has 0 amide bonds. The molecule has 0 atom stereocenters. The summed E-state index contributed by atoms with van der Waals surface area (Å²) in [6.45, 7) is 2.51. The number of aromatic nitrogens is 3. The van der Waals surface area contributed by atoms with Crippen LogP contribution < -0.4 is 5.56 Å². The molecule has 0 radical (unpaired) electrons. The van der Waals surface area contributed by atoms with Crippen molar-refractivity contribution in [3.63, 3.8) is 0 Å². The molecule has 0 aliphatic heterocycles. The first-order valence-corrected chi connectivity index (χ1v) is 7.01. The molecule has 0 aliphatic carbocycles. The van der Waals surface area contributed by atoms with Crippen molar-refractivity contribution in [2.45, 2.75) is 32.5 Å². The third kappa shape index (κ3) is 2.26. The number of hydrogen-bond acceptors (Lipinski definition) is 2. The molecule has 2 aromatic heterocycles. The van der Waals surface area contributed by atoms with Gasteiger partial charge in [0.15, 0.2) is 5.69 Å². The van der Waals surface area contributed by atoms with E-state index in [1.165, 1.54) is 4.40 Å². The second-order valence-electron chi connectivity index (χ2n) is 5.11.